The molecule has 0 heterocycles. The normalized spacial score (nSPS) is 20.9. The van der Waals surface area contributed by atoms with Gasteiger partial charge in [-0.3, -0.25) is 0 Å². The van der Waals surface area contributed by atoms with Crippen molar-refractivity contribution in [2.24, 2.45) is 16.2 Å². The molecular formula is C28H38O2. The molecule has 0 aliphatic heterocycles. The summed E-state index contributed by atoms with van der Waals surface area (Å²) in [5.41, 5.74) is 5.56. The fourth-order valence-electron chi connectivity index (χ4n) is 5.23. The van der Waals surface area contributed by atoms with Gasteiger partial charge in [0.05, 0.1) is 12.7 Å². The van der Waals surface area contributed by atoms with Crippen molar-refractivity contribution < 1.29 is 9.53 Å². The van der Waals surface area contributed by atoms with Crippen LogP contribution in [0.4, 0.5) is 0 Å². The van der Waals surface area contributed by atoms with E-state index in [2.05, 4.69) is 46.5 Å². The van der Waals surface area contributed by atoms with Gasteiger partial charge in [-0.1, -0.05) is 76.9 Å². The monoisotopic (exact) mass is 406 g/mol. The van der Waals surface area contributed by atoms with E-state index < -0.39 is 0 Å². The van der Waals surface area contributed by atoms with Crippen LogP contribution in [0.3, 0.4) is 0 Å². The number of hydrogen-bond acceptors (Lipinski definition) is 2. The first kappa shape index (κ1) is 22.7. The van der Waals surface area contributed by atoms with Gasteiger partial charge in [0.2, 0.25) is 0 Å². The smallest absolute Gasteiger partial charge is 0.337 e. The first-order valence-corrected chi connectivity index (χ1v) is 11.6. The van der Waals surface area contributed by atoms with Gasteiger partial charge < -0.3 is 4.74 Å². The van der Waals surface area contributed by atoms with E-state index in [1.807, 2.05) is 24.3 Å². The first-order chi connectivity index (χ1) is 14.1. The van der Waals surface area contributed by atoms with Crippen molar-refractivity contribution in [2.45, 2.75) is 86.0 Å². The van der Waals surface area contributed by atoms with Gasteiger partial charge in [0.15, 0.2) is 0 Å². The van der Waals surface area contributed by atoms with Gasteiger partial charge in [-0.15, -0.1) is 0 Å². The number of rotatable bonds is 5. The molecular weight excluding hydrogens is 368 g/mol. The Morgan fingerprint density at radius 1 is 0.967 bits per heavy atom. The SMILES string of the molecule is CCCCCC1(C#Cc2ccc(C(=O)OC)cc2)CC2=C(C1)C(C)(C)CCC2(C)C. The Kier molecular flexibility index (Phi) is 6.51. The molecule has 1 aromatic rings. The minimum absolute atomic E-state index is 0.0553. The number of carbonyl (C=O) groups is 1. The summed E-state index contributed by atoms with van der Waals surface area (Å²) in [5.74, 6) is 6.93. The first-order valence-electron chi connectivity index (χ1n) is 11.6. The van der Waals surface area contributed by atoms with E-state index in [0.717, 1.165) is 18.4 Å². The minimum Gasteiger partial charge on any atom is -0.465 e. The Labute approximate surface area is 183 Å². The summed E-state index contributed by atoms with van der Waals surface area (Å²) >= 11 is 0. The second-order valence-corrected chi connectivity index (χ2v) is 10.6. The minimum atomic E-state index is -0.303. The topological polar surface area (TPSA) is 26.3 Å². The molecule has 30 heavy (non-hydrogen) atoms. The van der Waals surface area contributed by atoms with Crippen LogP contribution in [0.2, 0.25) is 0 Å². The van der Waals surface area contributed by atoms with Crippen LogP contribution in [0, 0.1) is 28.1 Å². The maximum Gasteiger partial charge on any atom is 0.337 e. The quantitative estimate of drug-likeness (QED) is 0.221. The van der Waals surface area contributed by atoms with Crippen molar-refractivity contribution in [1.29, 1.82) is 0 Å². The average Bonchev–Trinajstić information content (AvgIpc) is 3.13. The van der Waals surface area contributed by atoms with Crippen molar-refractivity contribution in [3.63, 3.8) is 0 Å². The third kappa shape index (κ3) is 4.66. The highest BCUT2D eigenvalue weighted by Gasteiger charge is 2.48. The molecule has 1 aromatic carbocycles. The van der Waals surface area contributed by atoms with Crippen LogP contribution in [0.25, 0.3) is 0 Å². The van der Waals surface area contributed by atoms with Gasteiger partial charge in [0, 0.05) is 11.0 Å². The molecule has 0 aromatic heterocycles. The van der Waals surface area contributed by atoms with Crippen molar-refractivity contribution in [3.8, 4) is 11.8 Å². The number of unbranched alkanes of at least 4 members (excludes halogenated alkanes) is 2. The van der Waals surface area contributed by atoms with E-state index in [0.29, 0.717) is 16.4 Å². The Bertz CT molecular complexity index is 843. The highest BCUT2D eigenvalue weighted by Crippen LogP contribution is 2.60. The molecule has 2 heteroatoms. The van der Waals surface area contributed by atoms with Crippen LogP contribution in [0.15, 0.2) is 35.4 Å². The number of esters is 1. The van der Waals surface area contributed by atoms with Gasteiger partial charge in [0.1, 0.15) is 0 Å². The molecule has 162 valence electrons. The van der Waals surface area contributed by atoms with Gasteiger partial charge in [-0.05, 0) is 67.2 Å². The third-order valence-corrected chi connectivity index (χ3v) is 7.44. The Morgan fingerprint density at radius 2 is 1.53 bits per heavy atom. The van der Waals surface area contributed by atoms with Crippen LogP contribution in [-0.2, 0) is 4.74 Å². The second-order valence-electron chi connectivity index (χ2n) is 10.6. The fraction of sp³-hybridized carbons (Fsp3) is 0.607. The van der Waals surface area contributed by atoms with Crippen molar-refractivity contribution in [3.05, 3.63) is 46.5 Å². The van der Waals surface area contributed by atoms with E-state index in [1.54, 1.807) is 11.1 Å². The predicted molar refractivity (Wildman–Crippen MR) is 124 cm³/mol. The Morgan fingerprint density at radius 3 is 2.03 bits per heavy atom. The van der Waals surface area contributed by atoms with Crippen molar-refractivity contribution in [1.82, 2.24) is 0 Å². The lowest BCUT2D eigenvalue weighted by Crippen LogP contribution is -2.28. The van der Waals surface area contributed by atoms with Crippen LogP contribution < -0.4 is 0 Å². The van der Waals surface area contributed by atoms with Crippen LogP contribution in [0.1, 0.15) is 102 Å². The lowest BCUT2D eigenvalue weighted by Gasteiger charge is -2.41. The van der Waals surface area contributed by atoms with E-state index in [-0.39, 0.29) is 11.4 Å². The number of carbonyl (C=O) groups excluding carboxylic acids is 1. The van der Waals surface area contributed by atoms with E-state index in [4.69, 9.17) is 4.74 Å². The van der Waals surface area contributed by atoms with E-state index in [9.17, 15) is 4.79 Å². The molecule has 0 unspecified atom stereocenters. The van der Waals surface area contributed by atoms with Gasteiger partial charge in [0.25, 0.3) is 0 Å². The molecule has 0 bridgehead atoms. The molecule has 2 aliphatic rings. The van der Waals surface area contributed by atoms with Crippen molar-refractivity contribution >= 4 is 5.97 Å². The molecule has 3 rings (SSSR count). The Hall–Kier alpha value is -2.01. The zero-order chi connectivity index (χ0) is 22.0. The largest absolute Gasteiger partial charge is 0.465 e. The van der Waals surface area contributed by atoms with E-state index >= 15 is 0 Å². The number of ether oxygens (including phenoxy) is 1. The third-order valence-electron chi connectivity index (χ3n) is 7.44. The summed E-state index contributed by atoms with van der Waals surface area (Å²) in [6.07, 6.45) is 9.71. The maximum atomic E-state index is 11.7. The number of hydrogen-bond donors (Lipinski definition) is 0. The molecule has 2 nitrogen and oxygen atoms in total. The maximum absolute atomic E-state index is 11.7. The fourth-order valence-corrected chi connectivity index (χ4v) is 5.23. The van der Waals surface area contributed by atoms with Gasteiger partial charge in [-0.2, -0.15) is 0 Å². The summed E-state index contributed by atoms with van der Waals surface area (Å²) in [4.78, 5) is 11.7. The molecule has 2 aliphatic carbocycles. The molecule has 0 amide bonds. The van der Waals surface area contributed by atoms with E-state index in [1.165, 1.54) is 45.6 Å². The van der Waals surface area contributed by atoms with Gasteiger partial charge >= 0.3 is 5.97 Å². The highest BCUT2D eigenvalue weighted by atomic mass is 16.5. The molecule has 0 saturated heterocycles. The van der Waals surface area contributed by atoms with Crippen molar-refractivity contribution in [2.75, 3.05) is 7.11 Å². The summed E-state index contributed by atoms with van der Waals surface area (Å²) < 4.78 is 4.80. The summed E-state index contributed by atoms with van der Waals surface area (Å²) in [5, 5.41) is 0. The standard InChI is InChI=1S/C28H38O2/c1-7-8-9-15-28(16-14-21-10-12-22(13-11-21)25(29)30-6)19-23-24(20-28)27(4,5)18-17-26(23,2)3/h10-13H,7-9,15,17-20H2,1-6H3. The van der Waals surface area contributed by atoms with Crippen LogP contribution in [0.5, 0.6) is 0 Å². The lowest BCUT2D eigenvalue weighted by atomic mass is 9.64. The summed E-state index contributed by atoms with van der Waals surface area (Å²) in [7, 11) is 1.41. The molecule has 0 saturated carbocycles. The van der Waals surface area contributed by atoms with Gasteiger partial charge in [-0.25, -0.2) is 4.79 Å². The molecule has 0 atom stereocenters. The zero-order valence-corrected chi connectivity index (χ0v) is 19.8. The number of allylic oxidation sites excluding steroid dienone is 2. The van der Waals surface area contributed by atoms with Crippen LogP contribution in [-0.4, -0.2) is 13.1 Å². The summed E-state index contributed by atoms with van der Waals surface area (Å²) in [6, 6.07) is 7.50. The molecule has 0 N–H and O–H groups in total. The molecule has 0 spiro atoms. The second kappa shape index (κ2) is 8.62. The molecule has 0 radical (unpaired) electrons. The number of benzene rings is 1. The highest BCUT2D eigenvalue weighted by molar-refractivity contribution is 5.89. The lowest BCUT2D eigenvalue weighted by molar-refractivity contribution is 0.0600. The number of methoxy groups -OCH3 is 1. The molecule has 0 fully saturated rings. The van der Waals surface area contributed by atoms with Crippen LogP contribution >= 0.6 is 0 Å². The Balaban J connectivity index is 1.90. The zero-order valence-electron chi connectivity index (χ0n) is 19.8. The predicted octanol–water partition coefficient (Wildman–Crippen LogP) is 7.33. The average molecular weight is 407 g/mol. The summed E-state index contributed by atoms with van der Waals surface area (Å²) in [6.45, 7) is 12.0.